The molecule has 2 N–H and O–H groups in total. The number of benzene rings is 4. The zero-order chi connectivity index (χ0) is 30.8. The Kier molecular flexibility index (Phi) is 10.6. The second-order valence-electron chi connectivity index (χ2n) is 8.82. The van der Waals surface area contributed by atoms with E-state index in [1.165, 1.54) is 43.7 Å². The average molecular weight is 642 g/mol. The molecule has 4 rings (SSSR count). The number of hydrazone groups is 1. The van der Waals surface area contributed by atoms with E-state index in [2.05, 4.69) is 15.8 Å². The Morgan fingerprint density at radius 1 is 0.884 bits per heavy atom. The molecule has 4 aromatic rings. The molecule has 10 nitrogen and oxygen atoms in total. The largest absolute Gasteiger partial charge is 0.495 e. The van der Waals surface area contributed by atoms with Crippen molar-refractivity contribution in [2.75, 3.05) is 29.9 Å². The summed E-state index contributed by atoms with van der Waals surface area (Å²) in [6, 6.07) is 25.6. The van der Waals surface area contributed by atoms with Gasteiger partial charge in [-0.2, -0.15) is 5.10 Å². The Labute approximate surface area is 258 Å². The summed E-state index contributed by atoms with van der Waals surface area (Å²) < 4.78 is 38.5. The minimum absolute atomic E-state index is 0.00176. The Bertz CT molecular complexity index is 1720. The molecule has 0 aromatic heterocycles. The summed E-state index contributed by atoms with van der Waals surface area (Å²) in [6.07, 6.45) is 1.38. The van der Waals surface area contributed by atoms with Crippen molar-refractivity contribution < 1.29 is 27.5 Å². The summed E-state index contributed by atoms with van der Waals surface area (Å²) in [6.45, 7) is -0.795. The number of rotatable bonds is 12. The number of carbonyl (C=O) groups is 2. The van der Waals surface area contributed by atoms with Crippen molar-refractivity contribution in [2.24, 2.45) is 5.10 Å². The highest BCUT2D eigenvalue weighted by Gasteiger charge is 2.27. The van der Waals surface area contributed by atoms with Crippen LogP contribution in [0.25, 0.3) is 0 Å². The fraction of sp³-hybridized carbons (Fsp3) is 0.100. The summed E-state index contributed by atoms with van der Waals surface area (Å²) in [5, 5.41) is 7.21. The predicted molar refractivity (Wildman–Crippen MR) is 167 cm³/mol. The maximum absolute atomic E-state index is 13.5. The Hall–Kier alpha value is -4.58. The standard InChI is InChI=1S/C30H26Cl2N4O6S/c1-41-28-16-13-22(17-26(28)32)36(43(39,40)24-7-3-2-4-8-24)19-29(37)35-33-18-21-11-14-23(15-12-21)42-20-30(38)34-27-10-6-5-9-25(27)31/h2-18H,19-20H2,1H3,(H,34,38)(H,35,37)/b33-18-. The monoisotopic (exact) mass is 640 g/mol. The number of carbonyl (C=O) groups excluding carboxylic acids is 2. The quantitative estimate of drug-likeness (QED) is 0.158. The molecule has 222 valence electrons. The van der Waals surface area contributed by atoms with E-state index in [0.29, 0.717) is 27.8 Å². The van der Waals surface area contributed by atoms with E-state index in [0.717, 1.165) is 4.31 Å². The lowest BCUT2D eigenvalue weighted by atomic mass is 10.2. The van der Waals surface area contributed by atoms with Crippen molar-refractivity contribution >= 4 is 62.6 Å². The molecule has 43 heavy (non-hydrogen) atoms. The number of sulfonamides is 1. The van der Waals surface area contributed by atoms with Gasteiger partial charge in [0.2, 0.25) is 0 Å². The van der Waals surface area contributed by atoms with E-state index in [1.807, 2.05) is 0 Å². The zero-order valence-electron chi connectivity index (χ0n) is 22.7. The van der Waals surface area contributed by atoms with E-state index >= 15 is 0 Å². The normalized spacial score (nSPS) is 11.1. The van der Waals surface area contributed by atoms with Gasteiger partial charge < -0.3 is 14.8 Å². The van der Waals surface area contributed by atoms with Gasteiger partial charge in [0.05, 0.1) is 39.6 Å². The molecule has 2 amide bonds. The van der Waals surface area contributed by atoms with Gasteiger partial charge in [-0.05, 0) is 72.3 Å². The number of hydrogen-bond acceptors (Lipinski definition) is 7. The van der Waals surface area contributed by atoms with Crippen LogP contribution in [0.5, 0.6) is 11.5 Å². The fourth-order valence-electron chi connectivity index (χ4n) is 3.74. The first-order valence-electron chi connectivity index (χ1n) is 12.7. The predicted octanol–water partition coefficient (Wildman–Crippen LogP) is 5.37. The molecule has 4 aromatic carbocycles. The van der Waals surface area contributed by atoms with Crippen molar-refractivity contribution in [1.82, 2.24) is 5.43 Å². The molecule has 0 saturated carbocycles. The summed E-state index contributed by atoms with van der Waals surface area (Å²) >= 11 is 12.3. The van der Waals surface area contributed by atoms with E-state index in [1.54, 1.807) is 66.7 Å². The van der Waals surface area contributed by atoms with Gasteiger partial charge in [-0.1, -0.05) is 53.5 Å². The number of para-hydroxylation sites is 1. The number of hydrogen-bond donors (Lipinski definition) is 2. The highest BCUT2D eigenvalue weighted by Crippen LogP contribution is 2.32. The van der Waals surface area contributed by atoms with Crippen LogP contribution in [-0.4, -0.2) is 46.7 Å². The maximum atomic E-state index is 13.5. The van der Waals surface area contributed by atoms with E-state index < -0.39 is 22.5 Å². The second-order valence-corrected chi connectivity index (χ2v) is 11.5. The SMILES string of the molecule is COc1ccc(N(CC(=O)N/N=C\c2ccc(OCC(=O)Nc3ccccc3Cl)cc2)S(=O)(=O)c2ccccc2)cc1Cl. The third-order valence-corrected chi connectivity index (χ3v) is 8.26. The number of methoxy groups -OCH3 is 1. The smallest absolute Gasteiger partial charge is 0.264 e. The molecule has 0 saturated heterocycles. The molecule has 0 spiro atoms. The van der Waals surface area contributed by atoms with Gasteiger partial charge in [-0.3, -0.25) is 13.9 Å². The van der Waals surface area contributed by atoms with E-state index in [-0.39, 0.29) is 28.1 Å². The van der Waals surface area contributed by atoms with Crippen molar-refractivity contribution in [2.45, 2.75) is 4.90 Å². The molecule has 0 heterocycles. The average Bonchev–Trinajstić information content (AvgIpc) is 3.01. The molecule has 0 aliphatic heterocycles. The van der Waals surface area contributed by atoms with E-state index in [9.17, 15) is 18.0 Å². The fourth-order valence-corrected chi connectivity index (χ4v) is 5.61. The van der Waals surface area contributed by atoms with Gasteiger partial charge in [0.25, 0.3) is 21.8 Å². The van der Waals surface area contributed by atoms with Crippen LogP contribution < -0.4 is 24.5 Å². The van der Waals surface area contributed by atoms with Crippen LogP contribution in [0, 0.1) is 0 Å². The van der Waals surface area contributed by atoms with Gasteiger partial charge in [0.15, 0.2) is 6.61 Å². The van der Waals surface area contributed by atoms with Crippen LogP contribution in [0.1, 0.15) is 5.56 Å². The first-order chi connectivity index (χ1) is 20.7. The van der Waals surface area contributed by atoms with Gasteiger partial charge in [0, 0.05) is 0 Å². The van der Waals surface area contributed by atoms with Gasteiger partial charge in [-0.25, -0.2) is 13.8 Å². The Balaban J connectivity index is 1.37. The number of anilines is 2. The minimum Gasteiger partial charge on any atom is -0.495 e. The topological polar surface area (TPSA) is 126 Å². The third-order valence-electron chi connectivity index (χ3n) is 5.84. The first-order valence-corrected chi connectivity index (χ1v) is 14.9. The summed E-state index contributed by atoms with van der Waals surface area (Å²) in [5.41, 5.74) is 3.62. The van der Waals surface area contributed by atoms with Crippen LogP contribution in [-0.2, 0) is 19.6 Å². The Morgan fingerprint density at radius 3 is 2.26 bits per heavy atom. The number of nitrogens with one attached hydrogen (secondary N) is 2. The van der Waals surface area contributed by atoms with Crippen molar-refractivity contribution in [3.8, 4) is 11.5 Å². The van der Waals surface area contributed by atoms with Crippen LogP contribution in [0.3, 0.4) is 0 Å². The second kappa shape index (κ2) is 14.5. The molecule has 0 aliphatic rings. The lowest BCUT2D eigenvalue weighted by Gasteiger charge is -2.24. The molecular formula is C30H26Cl2N4O6S. The minimum atomic E-state index is -4.13. The number of nitrogens with zero attached hydrogens (tertiary/aromatic N) is 2. The molecular weight excluding hydrogens is 615 g/mol. The lowest BCUT2D eigenvalue weighted by molar-refractivity contribution is -0.119. The number of amides is 2. The van der Waals surface area contributed by atoms with Gasteiger partial charge in [0.1, 0.15) is 18.0 Å². The summed E-state index contributed by atoms with van der Waals surface area (Å²) in [4.78, 5) is 25.0. The summed E-state index contributed by atoms with van der Waals surface area (Å²) in [5.74, 6) is -0.266. The zero-order valence-corrected chi connectivity index (χ0v) is 25.1. The van der Waals surface area contributed by atoms with Gasteiger partial charge in [-0.15, -0.1) is 0 Å². The molecule has 13 heteroatoms. The van der Waals surface area contributed by atoms with Crippen LogP contribution in [0.2, 0.25) is 10.0 Å². The van der Waals surface area contributed by atoms with E-state index in [4.69, 9.17) is 32.7 Å². The highest BCUT2D eigenvalue weighted by molar-refractivity contribution is 7.92. The van der Waals surface area contributed by atoms with Crippen LogP contribution >= 0.6 is 23.2 Å². The third kappa shape index (κ3) is 8.48. The van der Waals surface area contributed by atoms with Crippen molar-refractivity contribution in [1.29, 1.82) is 0 Å². The van der Waals surface area contributed by atoms with Crippen molar-refractivity contribution in [3.05, 3.63) is 113 Å². The maximum Gasteiger partial charge on any atom is 0.264 e. The van der Waals surface area contributed by atoms with Gasteiger partial charge >= 0.3 is 0 Å². The highest BCUT2D eigenvalue weighted by atomic mass is 35.5. The Morgan fingerprint density at radius 2 is 1.58 bits per heavy atom. The molecule has 0 atom stereocenters. The molecule has 0 aliphatic carbocycles. The number of halogens is 2. The van der Waals surface area contributed by atoms with Crippen molar-refractivity contribution in [3.63, 3.8) is 0 Å². The van der Waals surface area contributed by atoms with Crippen LogP contribution in [0.15, 0.2) is 107 Å². The molecule has 0 bridgehead atoms. The molecule has 0 radical (unpaired) electrons. The summed E-state index contributed by atoms with van der Waals surface area (Å²) in [7, 11) is -2.69. The molecule has 0 fully saturated rings. The number of ether oxygens (including phenoxy) is 2. The molecule has 0 unspecified atom stereocenters. The lowest BCUT2D eigenvalue weighted by Crippen LogP contribution is -2.39. The first kappa shape index (κ1) is 31.4. The van der Waals surface area contributed by atoms with Crippen LogP contribution in [0.4, 0.5) is 11.4 Å².